The Morgan fingerprint density at radius 3 is 2.67 bits per heavy atom. The van der Waals surface area contributed by atoms with Crippen LogP contribution in [0.4, 0.5) is 15.8 Å². The Hall–Kier alpha value is -2.26. The van der Waals surface area contributed by atoms with Crippen molar-refractivity contribution in [1.29, 1.82) is 0 Å². The first-order valence-electron chi connectivity index (χ1n) is 5.38. The van der Waals surface area contributed by atoms with Gasteiger partial charge in [0.05, 0.1) is 10.6 Å². The molecule has 0 saturated carbocycles. The topological polar surface area (TPSA) is 102 Å². The van der Waals surface area contributed by atoms with Crippen molar-refractivity contribution < 1.29 is 17.7 Å². The lowest BCUT2D eigenvalue weighted by molar-refractivity contribution is -0.384. The minimum Gasteiger partial charge on any atom is -0.278 e. The molecule has 0 unspecified atom stereocenters. The number of sulfonamides is 1. The first-order valence-corrected chi connectivity index (χ1v) is 7.24. The van der Waals surface area contributed by atoms with Gasteiger partial charge < -0.3 is 0 Å². The standard InChI is InChI=1S/C11H7ClFN3O4S/c12-8-4-3-7(6-10(8)16(17)18)15-21(19,20)11-9(13)2-1-5-14-11/h1-6,15H. The van der Waals surface area contributed by atoms with Crippen molar-refractivity contribution in [2.24, 2.45) is 0 Å². The monoisotopic (exact) mass is 331 g/mol. The van der Waals surface area contributed by atoms with Gasteiger partial charge in [-0.1, -0.05) is 11.6 Å². The minimum absolute atomic E-state index is 0.129. The van der Waals surface area contributed by atoms with Crippen LogP contribution in [-0.4, -0.2) is 18.3 Å². The molecule has 1 aromatic heterocycles. The highest BCUT2D eigenvalue weighted by atomic mass is 35.5. The zero-order valence-corrected chi connectivity index (χ0v) is 11.7. The molecule has 2 rings (SSSR count). The van der Waals surface area contributed by atoms with Crippen molar-refractivity contribution in [3.63, 3.8) is 0 Å². The van der Waals surface area contributed by atoms with Crippen molar-refractivity contribution in [3.8, 4) is 0 Å². The molecule has 0 fully saturated rings. The first-order chi connectivity index (χ1) is 9.81. The number of nitrogens with zero attached hydrogens (tertiary/aromatic N) is 2. The van der Waals surface area contributed by atoms with Crippen molar-refractivity contribution in [2.75, 3.05) is 4.72 Å². The minimum atomic E-state index is -4.30. The molecule has 1 heterocycles. The summed E-state index contributed by atoms with van der Waals surface area (Å²) in [6.07, 6.45) is 1.11. The molecule has 10 heteroatoms. The van der Waals surface area contributed by atoms with Crippen molar-refractivity contribution in [1.82, 2.24) is 4.98 Å². The molecule has 1 aromatic carbocycles. The molecular formula is C11H7ClFN3O4S. The molecule has 7 nitrogen and oxygen atoms in total. The number of pyridine rings is 1. The summed E-state index contributed by atoms with van der Waals surface area (Å²) in [5.74, 6) is -1.03. The van der Waals surface area contributed by atoms with Crippen LogP contribution in [0.15, 0.2) is 41.6 Å². The molecule has 0 atom stereocenters. The van der Waals surface area contributed by atoms with Gasteiger partial charge in [-0.3, -0.25) is 14.8 Å². The molecule has 21 heavy (non-hydrogen) atoms. The van der Waals surface area contributed by atoms with Gasteiger partial charge in [-0.05, 0) is 24.3 Å². The Kier molecular flexibility index (Phi) is 4.05. The molecule has 2 aromatic rings. The first kappa shape index (κ1) is 15.1. The predicted molar refractivity (Wildman–Crippen MR) is 73.1 cm³/mol. The lowest BCUT2D eigenvalue weighted by Gasteiger charge is -2.08. The molecule has 0 radical (unpaired) electrons. The van der Waals surface area contributed by atoms with E-state index < -0.39 is 31.5 Å². The molecule has 0 aliphatic rings. The molecule has 0 aliphatic heterocycles. The molecule has 0 saturated heterocycles. The zero-order valence-electron chi connectivity index (χ0n) is 10.2. The van der Waals surface area contributed by atoms with Gasteiger partial charge in [0.25, 0.3) is 15.7 Å². The van der Waals surface area contributed by atoms with Crippen LogP contribution in [0.2, 0.25) is 5.02 Å². The number of benzene rings is 1. The molecule has 1 N–H and O–H groups in total. The van der Waals surface area contributed by atoms with Crippen LogP contribution in [-0.2, 0) is 10.0 Å². The second-order valence-corrected chi connectivity index (χ2v) is 5.82. The maximum atomic E-state index is 13.4. The van der Waals surface area contributed by atoms with Gasteiger partial charge in [0, 0.05) is 12.3 Å². The van der Waals surface area contributed by atoms with Crippen molar-refractivity contribution in [2.45, 2.75) is 5.03 Å². The van der Waals surface area contributed by atoms with E-state index in [2.05, 4.69) is 4.98 Å². The highest BCUT2D eigenvalue weighted by molar-refractivity contribution is 7.92. The third kappa shape index (κ3) is 3.26. The van der Waals surface area contributed by atoms with Gasteiger partial charge >= 0.3 is 0 Å². The summed E-state index contributed by atoms with van der Waals surface area (Å²) in [7, 11) is -4.30. The second-order valence-electron chi connectivity index (χ2n) is 3.82. The summed E-state index contributed by atoms with van der Waals surface area (Å²) in [5.41, 5.74) is -0.602. The Balaban J connectivity index is 2.40. The fourth-order valence-corrected chi connectivity index (χ4v) is 2.73. The van der Waals surface area contributed by atoms with Crippen LogP contribution in [0.3, 0.4) is 0 Å². The van der Waals surface area contributed by atoms with E-state index in [0.717, 1.165) is 24.4 Å². The summed E-state index contributed by atoms with van der Waals surface area (Å²) < 4.78 is 39.4. The molecule has 0 spiro atoms. The summed E-state index contributed by atoms with van der Waals surface area (Å²) in [4.78, 5) is 13.4. The fraction of sp³-hybridized carbons (Fsp3) is 0. The molecule has 0 amide bonds. The highest BCUT2D eigenvalue weighted by Crippen LogP contribution is 2.28. The van der Waals surface area contributed by atoms with Crippen LogP contribution >= 0.6 is 11.6 Å². The smallest absolute Gasteiger partial charge is 0.278 e. The Bertz CT molecular complexity index is 813. The summed E-state index contributed by atoms with van der Waals surface area (Å²) in [6.45, 7) is 0. The third-order valence-corrected chi connectivity index (χ3v) is 4.01. The molecular weight excluding hydrogens is 325 g/mol. The number of nitro groups is 1. The van der Waals surface area contributed by atoms with E-state index in [1.807, 2.05) is 4.72 Å². The number of hydrogen-bond donors (Lipinski definition) is 1. The number of rotatable bonds is 4. The van der Waals surface area contributed by atoms with E-state index in [0.29, 0.717) is 0 Å². The molecule has 0 aliphatic carbocycles. The predicted octanol–water partition coefficient (Wildman–Crippen LogP) is 2.58. The summed E-state index contributed by atoms with van der Waals surface area (Å²) in [6, 6.07) is 5.48. The van der Waals surface area contributed by atoms with Crippen LogP contribution in [0.1, 0.15) is 0 Å². The van der Waals surface area contributed by atoms with Crippen molar-refractivity contribution >= 4 is 33.0 Å². The van der Waals surface area contributed by atoms with Gasteiger partial charge in [0.1, 0.15) is 5.02 Å². The van der Waals surface area contributed by atoms with Crippen LogP contribution < -0.4 is 4.72 Å². The van der Waals surface area contributed by atoms with E-state index >= 15 is 0 Å². The number of hydrogen-bond acceptors (Lipinski definition) is 5. The van der Waals surface area contributed by atoms with Crippen LogP contribution in [0.5, 0.6) is 0 Å². The SMILES string of the molecule is O=[N+]([O-])c1cc(NS(=O)(=O)c2ncccc2F)ccc1Cl. The average Bonchev–Trinajstić information content (AvgIpc) is 2.40. The Labute approximate surface area is 123 Å². The summed E-state index contributed by atoms with van der Waals surface area (Å²) >= 11 is 5.61. The Morgan fingerprint density at radius 1 is 1.33 bits per heavy atom. The highest BCUT2D eigenvalue weighted by Gasteiger charge is 2.22. The van der Waals surface area contributed by atoms with E-state index in [1.54, 1.807) is 0 Å². The van der Waals surface area contributed by atoms with Gasteiger partial charge in [-0.2, -0.15) is 8.42 Å². The summed E-state index contributed by atoms with van der Waals surface area (Å²) in [5, 5.41) is 9.79. The maximum Gasteiger partial charge on any atom is 0.289 e. The quantitative estimate of drug-likeness (QED) is 0.685. The van der Waals surface area contributed by atoms with Gasteiger partial charge in [-0.15, -0.1) is 0 Å². The second kappa shape index (κ2) is 5.62. The fourth-order valence-electron chi connectivity index (χ4n) is 1.49. The average molecular weight is 332 g/mol. The van der Waals surface area contributed by atoms with Gasteiger partial charge in [0.15, 0.2) is 5.82 Å². The molecule has 0 bridgehead atoms. The van der Waals surface area contributed by atoms with Crippen molar-refractivity contribution in [3.05, 3.63) is 57.5 Å². The van der Waals surface area contributed by atoms with E-state index in [1.165, 1.54) is 12.1 Å². The van der Waals surface area contributed by atoms with Crippen LogP contribution in [0, 0.1) is 15.9 Å². The number of halogens is 2. The van der Waals surface area contributed by atoms with Crippen LogP contribution in [0.25, 0.3) is 0 Å². The van der Waals surface area contributed by atoms with E-state index in [-0.39, 0.29) is 10.7 Å². The van der Waals surface area contributed by atoms with Gasteiger partial charge in [0.2, 0.25) is 5.03 Å². The number of anilines is 1. The molecule has 110 valence electrons. The number of nitrogens with one attached hydrogen (secondary N) is 1. The largest absolute Gasteiger partial charge is 0.289 e. The van der Waals surface area contributed by atoms with Gasteiger partial charge in [-0.25, -0.2) is 9.37 Å². The van der Waals surface area contributed by atoms with E-state index in [9.17, 15) is 22.9 Å². The lowest BCUT2D eigenvalue weighted by Crippen LogP contribution is -2.16. The normalized spacial score (nSPS) is 11.1. The lowest BCUT2D eigenvalue weighted by atomic mass is 10.3. The Morgan fingerprint density at radius 2 is 2.05 bits per heavy atom. The number of nitro benzene ring substituents is 1. The zero-order chi connectivity index (χ0) is 15.6. The number of aromatic nitrogens is 1. The maximum absolute atomic E-state index is 13.4. The third-order valence-electron chi connectivity index (χ3n) is 2.37. The van der Waals surface area contributed by atoms with E-state index in [4.69, 9.17) is 11.6 Å².